The molecule has 0 spiro atoms. The average molecular weight is 234 g/mol. The van der Waals surface area contributed by atoms with Crippen LogP contribution < -0.4 is 10.1 Å². The lowest BCUT2D eigenvalue weighted by atomic mass is 10.1. The number of hydrogen-bond donors (Lipinski definition) is 1. The Labute approximate surface area is 102 Å². The predicted octanol–water partition coefficient (Wildman–Crippen LogP) is 1.02. The van der Waals surface area contributed by atoms with E-state index in [0.29, 0.717) is 6.54 Å². The fraction of sp³-hybridized carbons (Fsp3) is 0.462. The number of nitrogens with one attached hydrogen (secondary N) is 1. The number of benzene rings is 1. The van der Waals surface area contributed by atoms with Gasteiger partial charge in [0.2, 0.25) is 5.91 Å². The number of ether oxygens (including phenoxy) is 1. The maximum Gasteiger partial charge on any atom is 0.239 e. The second-order valence-corrected chi connectivity index (χ2v) is 4.28. The van der Waals surface area contributed by atoms with Crippen LogP contribution in [0.25, 0.3) is 0 Å². The van der Waals surface area contributed by atoms with Gasteiger partial charge in [-0.05, 0) is 24.6 Å². The van der Waals surface area contributed by atoms with Crippen molar-refractivity contribution in [1.29, 1.82) is 0 Å². The Morgan fingerprint density at radius 3 is 2.76 bits per heavy atom. The second-order valence-electron chi connectivity index (χ2n) is 4.28. The molecule has 1 amide bonds. The van der Waals surface area contributed by atoms with E-state index in [1.807, 2.05) is 36.1 Å². The van der Waals surface area contributed by atoms with Gasteiger partial charge in [0.05, 0.1) is 13.2 Å². The molecule has 1 fully saturated rings. The molecule has 1 aliphatic heterocycles. The minimum Gasteiger partial charge on any atom is -0.497 e. The van der Waals surface area contributed by atoms with Crippen LogP contribution in [-0.2, 0) is 11.3 Å². The van der Waals surface area contributed by atoms with E-state index in [2.05, 4.69) is 5.32 Å². The molecule has 2 rings (SSSR count). The van der Waals surface area contributed by atoms with Crippen molar-refractivity contribution >= 4 is 5.91 Å². The minimum atomic E-state index is -0.0676. The molecule has 92 valence electrons. The third kappa shape index (κ3) is 2.77. The maximum atomic E-state index is 11.9. The van der Waals surface area contributed by atoms with E-state index in [-0.39, 0.29) is 11.9 Å². The van der Waals surface area contributed by atoms with Crippen LogP contribution in [0.2, 0.25) is 0 Å². The number of nitrogens with zero attached hydrogens (tertiary/aromatic N) is 1. The molecular formula is C13H18N2O2. The highest BCUT2D eigenvalue weighted by Gasteiger charge is 2.24. The smallest absolute Gasteiger partial charge is 0.239 e. The molecule has 0 radical (unpaired) electrons. The number of carbonyl (C=O) groups excluding carboxylic acids is 1. The molecule has 1 aromatic carbocycles. The van der Waals surface area contributed by atoms with Crippen molar-refractivity contribution in [3.05, 3.63) is 29.8 Å². The van der Waals surface area contributed by atoms with E-state index in [1.165, 1.54) is 0 Å². The van der Waals surface area contributed by atoms with Crippen molar-refractivity contribution in [3.63, 3.8) is 0 Å². The maximum absolute atomic E-state index is 11.9. The normalized spacial score (nSPS) is 20.5. The molecule has 4 heteroatoms. The number of hydrogen-bond acceptors (Lipinski definition) is 3. The lowest BCUT2D eigenvalue weighted by Gasteiger charge is -2.31. The first-order valence-corrected chi connectivity index (χ1v) is 5.86. The molecule has 4 nitrogen and oxygen atoms in total. The highest BCUT2D eigenvalue weighted by Crippen LogP contribution is 2.14. The zero-order valence-corrected chi connectivity index (χ0v) is 10.3. The largest absolute Gasteiger partial charge is 0.497 e. The standard InChI is InChI=1S/C13H18N2O2/c1-10-13(16)15(8-7-14-10)9-11-3-5-12(17-2)6-4-11/h3-6,10,14H,7-9H2,1-2H3. The van der Waals surface area contributed by atoms with Gasteiger partial charge in [-0.2, -0.15) is 0 Å². The van der Waals surface area contributed by atoms with Crippen LogP contribution in [0.4, 0.5) is 0 Å². The molecule has 1 unspecified atom stereocenters. The Kier molecular flexibility index (Phi) is 3.64. The summed E-state index contributed by atoms with van der Waals surface area (Å²) >= 11 is 0. The Morgan fingerprint density at radius 2 is 2.12 bits per heavy atom. The third-order valence-electron chi connectivity index (χ3n) is 3.05. The lowest BCUT2D eigenvalue weighted by Crippen LogP contribution is -2.53. The van der Waals surface area contributed by atoms with Gasteiger partial charge in [-0.3, -0.25) is 4.79 Å². The minimum absolute atomic E-state index is 0.0676. The van der Waals surface area contributed by atoms with Crippen molar-refractivity contribution < 1.29 is 9.53 Å². The molecule has 0 aliphatic carbocycles. The first-order valence-electron chi connectivity index (χ1n) is 5.86. The Hall–Kier alpha value is -1.55. The Bertz CT molecular complexity index is 389. The fourth-order valence-electron chi connectivity index (χ4n) is 2.00. The molecule has 1 aliphatic rings. The summed E-state index contributed by atoms with van der Waals surface area (Å²) in [4.78, 5) is 13.8. The summed E-state index contributed by atoms with van der Waals surface area (Å²) in [6.45, 7) is 4.22. The van der Waals surface area contributed by atoms with Crippen LogP contribution in [0, 0.1) is 0 Å². The summed E-state index contributed by atoms with van der Waals surface area (Å²) in [5, 5.41) is 3.15. The molecule has 17 heavy (non-hydrogen) atoms. The van der Waals surface area contributed by atoms with E-state index < -0.39 is 0 Å². The van der Waals surface area contributed by atoms with E-state index in [1.54, 1.807) is 7.11 Å². The van der Waals surface area contributed by atoms with Crippen LogP contribution in [0.5, 0.6) is 5.75 Å². The van der Waals surface area contributed by atoms with Crippen molar-refractivity contribution in [2.75, 3.05) is 20.2 Å². The number of carbonyl (C=O) groups is 1. The number of methoxy groups -OCH3 is 1. The SMILES string of the molecule is COc1ccc(CN2CCNC(C)C2=O)cc1. The Morgan fingerprint density at radius 1 is 1.41 bits per heavy atom. The van der Waals surface area contributed by atoms with Gasteiger partial charge < -0.3 is 15.0 Å². The average Bonchev–Trinajstić information content (AvgIpc) is 2.36. The van der Waals surface area contributed by atoms with Gasteiger partial charge in [-0.25, -0.2) is 0 Å². The van der Waals surface area contributed by atoms with E-state index >= 15 is 0 Å². The Balaban J connectivity index is 2.01. The molecular weight excluding hydrogens is 216 g/mol. The molecule has 1 heterocycles. The third-order valence-corrected chi connectivity index (χ3v) is 3.05. The summed E-state index contributed by atoms with van der Waals surface area (Å²) in [6.07, 6.45) is 0. The van der Waals surface area contributed by atoms with E-state index in [9.17, 15) is 4.79 Å². The summed E-state index contributed by atoms with van der Waals surface area (Å²) in [6, 6.07) is 7.77. The lowest BCUT2D eigenvalue weighted by molar-refractivity contribution is -0.135. The predicted molar refractivity (Wildman–Crippen MR) is 65.9 cm³/mol. The van der Waals surface area contributed by atoms with Gasteiger partial charge in [-0.15, -0.1) is 0 Å². The highest BCUT2D eigenvalue weighted by atomic mass is 16.5. The summed E-state index contributed by atoms with van der Waals surface area (Å²) in [5.41, 5.74) is 1.13. The van der Waals surface area contributed by atoms with Gasteiger partial charge in [0, 0.05) is 19.6 Å². The van der Waals surface area contributed by atoms with Crippen LogP contribution in [0.15, 0.2) is 24.3 Å². The van der Waals surface area contributed by atoms with Crippen LogP contribution >= 0.6 is 0 Å². The second kappa shape index (κ2) is 5.19. The topological polar surface area (TPSA) is 41.6 Å². The van der Waals surface area contributed by atoms with Crippen molar-refractivity contribution in [2.45, 2.75) is 19.5 Å². The van der Waals surface area contributed by atoms with Crippen LogP contribution in [-0.4, -0.2) is 37.0 Å². The molecule has 0 aromatic heterocycles. The molecule has 1 aromatic rings. The number of piperazine rings is 1. The van der Waals surface area contributed by atoms with Gasteiger partial charge >= 0.3 is 0 Å². The monoisotopic (exact) mass is 234 g/mol. The van der Waals surface area contributed by atoms with Crippen molar-refractivity contribution in [3.8, 4) is 5.75 Å². The number of amides is 1. The molecule has 1 saturated heterocycles. The van der Waals surface area contributed by atoms with Gasteiger partial charge in [0.15, 0.2) is 0 Å². The summed E-state index contributed by atoms with van der Waals surface area (Å²) < 4.78 is 5.11. The van der Waals surface area contributed by atoms with E-state index in [4.69, 9.17) is 4.74 Å². The summed E-state index contributed by atoms with van der Waals surface area (Å²) in [5.74, 6) is 1.01. The fourth-order valence-corrected chi connectivity index (χ4v) is 2.00. The van der Waals surface area contributed by atoms with Gasteiger partial charge in [0.25, 0.3) is 0 Å². The van der Waals surface area contributed by atoms with Crippen LogP contribution in [0.3, 0.4) is 0 Å². The number of rotatable bonds is 3. The van der Waals surface area contributed by atoms with Crippen molar-refractivity contribution in [1.82, 2.24) is 10.2 Å². The quantitative estimate of drug-likeness (QED) is 0.849. The van der Waals surface area contributed by atoms with Crippen LogP contribution in [0.1, 0.15) is 12.5 Å². The molecule has 1 atom stereocenters. The first kappa shape index (κ1) is 11.9. The first-order chi connectivity index (χ1) is 8.20. The van der Waals surface area contributed by atoms with Gasteiger partial charge in [0.1, 0.15) is 5.75 Å². The van der Waals surface area contributed by atoms with Gasteiger partial charge in [-0.1, -0.05) is 12.1 Å². The van der Waals surface area contributed by atoms with E-state index in [0.717, 1.165) is 24.4 Å². The highest BCUT2D eigenvalue weighted by molar-refractivity contribution is 5.82. The zero-order valence-electron chi connectivity index (χ0n) is 10.3. The van der Waals surface area contributed by atoms with Crippen molar-refractivity contribution in [2.24, 2.45) is 0 Å². The molecule has 1 N–H and O–H groups in total. The molecule has 0 bridgehead atoms. The summed E-state index contributed by atoms with van der Waals surface area (Å²) in [7, 11) is 1.65. The zero-order chi connectivity index (χ0) is 12.3. The molecule has 0 saturated carbocycles.